The van der Waals surface area contributed by atoms with Crippen LogP contribution in [0.1, 0.15) is 0 Å². The highest BCUT2D eigenvalue weighted by Gasteiger charge is 2.24. The van der Waals surface area contributed by atoms with Crippen molar-refractivity contribution >= 4 is 34.6 Å². The molecular formula is C14H16N2O5S. The van der Waals surface area contributed by atoms with Crippen molar-refractivity contribution in [2.45, 2.75) is 0 Å². The number of nitrogens with one attached hydrogen (secondary N) is 1. The maximum atomic E-state index is 11.7. The molecule has 22 heavy (non-hydrogen) atoms. The fourth-order valence-electron chi connectivity index (χ4n) is 1.79. The van der Waals surface area contributed by atoms with Gasteiger partial charge in [-0.2, -0.15) is 0 Å². The minimum Gasteiger partial charge on any atom is -0.497 e. The monoisotopic (exact) mass is 324 g/mol. The second-order valence-electron chi connectivity index (χ2n) is 4.47. The molecule has 0 bridgehead atoms. The fraction of sp³-hybridized carbons (Fsp3) is 0.357. The number of amides is 2. The van der Waals surface area contributed by atoms with E-state index >= 15 is 0 Å². The zero-order valence-corrected chi connectivity index (χ0v) is 12.9. The maximum Gasteiger partial charge on any atom is 0.326 e. The van der Waals surface area contributed by atoms with E-state index in [1.807, 2.05) is 0 Å². The molecule has 1 aliphatic heterocycles. The number of hydrogen-bond acceptors (Lipinski definition) is 6. The Morgan fingerprint density at radius 2 is 2.05 bits per heavy atom. The number of methoxy groups -OCH3 is 1. The molecule has 0 spiro atoms. The number of esters is 1. The topological polar surface area (TPSA) is 84.9 Å². The van der Waals surface area contributed by atoms with Crippen LogP contribution < -0.4 is 10.1 Å². The molecule has 1 aromatic carbocycles. The molecule has 0 atom stereocenters. The molecule has 1 aromatic rings. The molecule has 7 nitrogen and oxygen atoms in total. The minimum absolute atomic E-state index is 0.123. The highest BCUT2D eigenvalue weighted by Crippen LogP contribution is 2.17. The number of benzene rings is 1. The maximum absolute atomic E-state index is 11.7. The number of hydrogen-bond donors (Lipinski definition) is 1. The van der Waals surface area contributed by atoms with Crippen LogP contribution in [-0.4, -0.2) is 54.6 Å². The molecule has 1 N–H and O–H groups in total. The van der Waals surface area contributed by atoms with Gasteiger partial charge in [-0.25, -0.2) is 0 Å². The van der Waals surface area contributed by atoms with Gasteiger partial charge in [0.2, 0.25) is 0 Å². The summed E-state index contributed by atoms with van der Waals surface area (Å²) in [5.74, 6) is 0.309. The standard InChI is InChI=1S/C14H16N2O5S/c1-20-11-4-2-10(3-5-11)15-12(17)9-21-13(18)8-16-6-7-22-14(16)19/h2-5H,6-9H2,1H3,(H,15,17). The van der Waals surface area contributed by atoms with Gasteiger partial charge in [-0.15, -0.1) is 0 Å². The third-order valence-corrected chi connectivity index (χ3v) is 3.79. The second kappa shape index (κ2) is 7.69. The normalized spacial score (nSPS) is 13.9. The minimum atomic E-state index is -0.597. The van der Waals surface area contributed by atoms with E-state index < -0.39 is 11.9 Å². The predicted molar refractivity (Wildman–Crippen MR) is 82.0 cm³/mol. The molecule has 0 aliphatic carbocycles. The molecule has 1 fully saturated rings. The van der Waals surface area contributed by atoms with Crippen LogP contribution in [0.25, 0.3) is 0 Å². The largest absolute Gasteiger partial charge is 0.497 e. The van der Waals surface area contributed by atoms with E-state index in [9.17, 15) is 14.4 Å². The van der Waals surface area contributed by atoms with Gasteiger partial charge in [-0.3, -0.25) is 14.4 Å². The van der Waals surface area contributed by atoms with Crippen LogP contribution in [0.15, 0.2) is 24.3 Å². The van der Waals surface area contributed by atoms with Gasteiger partial charge < -0.3 is 19.7 Å². The Balaban J connectivity index is 1.72. The fourth-order valence-corrected chi connectivity index (χ4v) is 2.61. The first-order valence-corrected chi connectivity index (χ1v) is 7.58. The third kappa shape index (κ3) is 4.66. The first-order valence-electron chi connectivity index (χ1n) is 6.59. The van der Waals surface area contributed by atoms with E-state index in [4.69, 9.17) is 9.47 Å². The molecule has 1 aliphatic rings. The number of thioether (sulfide) groups is 1. The summed E-state index contributed by atoms with van der Waals surface area (Å²) in [6.07, 6.45) is 0. The zero-order chi connectivity index (χ0) is 15.9. The summed E-state index contributed by atoms with van der Waals surface area (Å²) < 4.78 is 9.86. The zero-order valence-electron chi connectivity index (χ0n) is 12.0. The molecule has 0 radical (unpaired) electrons. The molecule has 2 amide bonds. The van der Waals surface area contributed by atoms with E-state index in [2.05, 4.69) is 5.32 Å². The molecule has 1 saturated heterocycles. The number of nitrogens with zero attached hydrogens (tertiary/aromatic N) is 1. The Kier molecular flexibility index (Phi) is 5.65. The lowest BCUT2D eigenvalue weighted by atomic mass is 10.3. The summed E-state index contributed by atoms with van der Waals surface area (Å²) in [6.45, 7) is 0.0122. The van der Waals surface area contributed by atoms with Crippen molar-refractivity contribution in [3.8, 4) is 5.75 Å². The van der Waals surface area contributed by atoms with Crippen LogP contribution in [0.2, 0.25) is 0 Å². The van der Waals surface area contributed by atoms with Gasteiger partial charge in [0.05, 0.1) is 7.11 Å². The van der Waals surface area contributed by atoms with E-state index in [-0.39, 0.29) is 18.4 Å². The van der Waals surface area contributed by atoms with Gasteiger partial charge in [-0.05, 0) is 24.3 Å². The van der Waals surface area contributed by atoms with Crippen molar-refractivity contribution in [2.24, 2.45) is 0 Å². The van der Waals surface area contributed by atoms with Crippen LogP contribution in [0.5, 0.6) is 5.75 Å². The van der Waals surface area contributed by atoms with Gasteiger partial charge in [-0.1, -0.05) is 11.8 Å². The Morgan fingerprint density at radius 3 is 2.64 bits per heavy atom. The molecule has 1 heterocycles. The summed E-state index contributed by atoms with van der Waals surface area (Å²) in [4.78, 5) is 36.0. The molecule has 0 aromatic heterocycles. The quantitative estimate of drug-likeness (QED) is 0.795. The Bertz CT molecular complexity index is 561. The molecule has 0 saturated carbocycles. The summed E-state index contributed by atoms with van der Waals surface area (Å²) >= 11 is 1.17. The lowest BCUT2D eigenvalue weighted by Gasteiger charge is -2.13. The predicted octanol–water partition coefficient (Wildman–Crippen LogP) is 1.35. The summed E-state index contributed by atoms with van der Waals surface area (Å²) in [5, 5.41) is 2.46. The Labute approximate surface area is 131 Å². The number of carbonyl (C=O) groups is 3. The first-order chi connectivity index (χ1) is 10.6. The van der Waals surface area contributed by atoms with E-state index in [0.717, 1.165) is 0 Å². The Hall–Kier alpha value is -2.22. The highest BCUT2D eigenvalue weighted by molar-refractivity contribution is 8.13. The number of anilines is 1. The van der Waals surface area contributed by atoms with Gasteiger partial charge in [0.15, 0.2) is 6.61 Å². The smallest absolute Gasteiger partial charge is 0.326 e. The van der Waals surface area contributed by atoms with Gasteiger partial charge in [0.1, 0.15) is 12.3 Å². The van der Waals surface area contributed by atoms with Crippen molar-refractivity contribution in [2.75, 3.05) is 37.9 Å². The summed E-state index contributed by atoms with van der Waals surface area (Å²) in [5.41, 5.74) is 0.577. The molecule has 0 unspecified atom stereocenters. The highest BCUT2D eigenvalue weighted by atomic mass is 32.2. The third-order valence-electron chi connectivity index (χ3n) is 2.90. The lowest BCUT2D eigenvalue weighted by Crippen LogP contribution is -2.32. The van der Waals surface area contributed by atoms with Gasteiger partial charge >= 0.3 is 5.97 Å². The summed E-state index contributed by atoms with van der Waals surface area (Å²) in [7, 11) is 1.55. The van der Waals surface area contributed by atoms with Crippen LogP contribution in [0, 0.1) is 0 Å². The average Bonchev–Trinajstić information content (AvgIpc) is 2.91. The van der Waals surface area contributed by atoms with E-state index in [0.29, 0.717) is 23.7 Å². The van der Waals surface area contributed by atoms with Crippen molar-refractivity contribution in [3.05, 3.63) is 24.3 Å². The summed E-state index contributed by atoms with van der Waals surface area (Å²) in [6, 6.07) is 6.77. The second-order valence-corrected chi connectivity index (χ2v) is 5.52. The Morgan fingerprint density at radius 1 is 1.32 bits per heavy atom. The van der Waals surface area contributed by atoms with Crippen molar-refractivity contribution in [1.29, 1.82) is 0 Å². The molecule has 2 rings (SSSR count). The van der Waals surface area contributed by atoms with Gasteiger partial charge in [0.25, 0.3) is 11.1 Å². The average molecular weight is 324 g/mol. The number of rotatable bonds is 6. The first kappa shape index (κ1) is 16.2. The molecule has 8 heteroatoms. The number of ether oxygens (including phenoxy) is 2. The number of carbonyl (C=O) groups excluding carboxylic acids is 3. The molecular weight excluding hydrogens is 308 g/mol. The van der Waals surface area contributed by atoms with E-state index in [1.54, 1.807) is 31.4 Å². The van der Waals surface area contributed by atoms with Crippen LogP contribution in [-0.2, 0) is 14.3 Å². The van der Waals surface area contributed by atoms with Crippen molar-refractivity contribution < 1.29 is 23.9 Å². The lowest BCUT2D eigenvalue weighted by molar-refractivity contribution is -0.147. The molecule has 118 valence electrons. The van der Waals surface area contributed by atoms with Crippen LogP contribution >= 0.6 is 11.8 Å². The van der Waals surface area contributed by atoms with Crippen molar-refractivity contribution in [1.82, 2.24) is 4.90 Å². The van der Waals surface area contributed by atoms with Crippen molar-refractivity contribution in [3.63, 3.8) is 0 Å². The van der Waals surface area contributed by atoms with Crippen LogP contribution in [0.3, 0.4) is 0 Å². The van der Waals surface area contributed by atoms with Crippen LogP contribution in [0.4, 0.5) is 10.5 Å². The van der Waals surface area contributed by atoms with Gasteiger partial charge in [0, 0.05) is 18.0 Å². The SMILES string of the molecule is COc1ccc(NC(=O)COC(=O)CN2CCSC2=O)cc1. The van der Waals surface area contributed by atoms with E-state index in [1.165, 1.54) is 16.7 Å².